The molecule has 0 spiro atoms. The van der Waals surface area contributed by atoms with E-state index >= 15 is 0 Å². The number of benzene rings is 2. The Morgan fingerprint density at radius 3 is 2.39 bits per heavy atom. The van der Waals surface area contributed by atoms with Gasteiger partial charge in [0.1, 0.15) is 0 Å². The second-order valence-electron chi connectivity index (χ2n) is 8.05. The molecule has 0 unspecified atom stereocenters. The topological polar surface area (TPSA) is 69.7 Å². The van der Waals surface area contributed by atoms with Gasteiger partial charge in [0.25, 0.3) is 5.91 Å². The van der Waals surface area contributed by atoms with E-state index in [9.17, 15) is 13.2 Å². The van der Waals surface area contributed by atoms with Crippen molar-refractivity contribution < 1.29 is 13.2 Å². The van der Waals surface area contributed by atoms with E-state index in [0.717, 1.165) is 30.9 Å². The highest BCUT2D eigenvalue weighted by Crippen LogP contribution is 2.21. The van der Waals surface area contributed by atoms with Crippen molar-refractivity contribution in [2.24, 2.45) is 0 Å². The number of hydrogen-bond donors (Lipinski definition) is 1. The molecule has 0 radical (unpaired) electrons. The summed E-state index contributed by atoms with van der Waals surface area (Å²) in [6.45, 7) is 3.10. The fourth-order valence-corrected chi connectivity index (χ4v) is 6.60. The molecule has 4 rings (SSSR count). The van der Waals surface area contributed by atoms with Gasteiger partial charge in [-0.3, -0.25) is 9.69 Å². The van der Waals surface area contributed by atoms with Crippen LogP contribution in [0.2, 0.25) is 0 Å². The van der Waals surface area contributed by atoms with Gasteiger partial charge in [-0.2, -0.15) is 16.1 Å². The molecule has 2 aliphatic rings. The first kappa shape index (κ1) is 22.3. The number of thioether (sulfide) groups is 1. The highest BCUT2D eigenvalue weighted by molar-refractivity contribution is 7.99. The van der Waals surface area contributed by atoms with Crippen molar-refractivity contribution in [1.29, 1.82) is 0 Å². The molecule has 0 saturated carbocycles. The fourth-order valence-electron chi connectivity index (χ4n) is 4.03. The second kappa shape index (κ2) is 10.2. The van der Waals surface area contributed by atoms with Crippen molar-refractivity contribution >= 4 is 27.7 Å². The number of hydrogen-bond acceptors (Lipinski definition) is 5. The van der Waals surface area contributed by atoms with E-state index in [-0.39, 0.29) is 16.8 Å². The van der Waals surface area contributed by atoms with E-state index in [1.807, 2.05) is 30.0 Å². The van der Waals surface area contributed by atoms with Gasteiger partial charge in [-0.1, -0.05) is 36.4 Å². The van der Waals surface area contributed by atoms with Gasteiger partial charge in [-0.15, -0.1) is 0 Å². The van der Waals surface area contributed by atoms with Crippen LogP contribution in [0.15, 0.2) is 59.5 Å². The lowest BCUT2D eigenvalue weighted by molar-refractivity contribution is 0.0934. The van der Waals surface area contributed by atoms with Crippen LogP contribution in [-0.4, -0.2) is 67.3 Å². The largest absolute Gasteiger partial charge is 0.349 e. The Hall–Kier alpha value is -1.87. The summed E-state index contributed by atoms with van der Waals surface area (Å²) in [6.07, 6.45) is 1.92. The lowest BCUT2D eigenvalue weighted by Crippen LogP contribution is -2.48. The molecule has 2 heterocycles. The summed E-state index contributed by atoms with van der Waals surface area (Å²) in [6, 6.07) is 16.8. The van der Waals surface area contributed by atoms with Gasteiger partial charge < -0.3 is 5.32 Å². The molecule has 2 aromatic carbocycles. The fraction of sp³-hybridized carbons (Fsp3) is 0.435. The van der Waals surface area contributed by atoms with Gasteiger partial charge in [0.05, 0.1) is 4.90 Å². The average Bonchev–Trinajstić information content (AvgIpc) is 2.81. The Labute approximate surface area is 189 Å². The molecular weight excluding hydrogens is 430 g/mol. The first-order valence-corrected chi connectivity index (χ1v) is 13.4. The van der Waals surface area contributed by atoms with Crippen LogP contribution in [0.3, 0.4) is 0 Å². The summed E-state index contributed by atoms with van der Waals surface area (Å²) in [7, 11) is -3.62. The molecule has 6 nitrogen and oxygen atoms in total. The third kappa shape index (κ3) is 5.68. The van der Waals surface area contributed by atoms with Crippen LogP contribution in [0, 0.1) is 0 Å². The molecule has 31 heavy (non-hydrogen) atoms. The smallest absolute Gasteiger partial charge is 0.251 e. The van der Waals surface area contributed by atoms with E-state index in [1.165, 1.54) is 15.9 Å². The van der Waals surface area contributed by atoms with E-state index in [2.05, 4.69) is 22.3 Å². The standard InChI is InChI=1S/C23H29N3O3S2/c27-23(24-21-9-15-30-16-10-21)20-7-4-8-22(17-20)31(28,29)26-13-11-25(12-14-26)18-19-5-2-1-3-6-19/h1-8,17,21H,9-16,18H2,(H,24,27). The van der Waals surface area contributed by atoms with Gasteiger partial charge in [0.15, 0.2) is 0 Å². The van der Waals surface area contributed by atoms with Crippen molar-refractivity contribution in [3.8, 4) is 0 Å². The van der Waals surface area contributed by atoms with E-state index in [0.29, 0.717) is 31.7 Å². The van der Waals surface area contributed by atoms with Crippen molar-refractivity contribution in [3.05, 3.63) is 65.7 Å². The Kier molecular flexibility index (Phi) is 7.32. The summed E-state index contributed by atoms with van der Waals surface area (Å²) in [5.74, 6) is 1.91. The predicted molar refractivity (Wildman–Crippen MR) is 125 cm³/mol. The molecule has 8 heteroatoms. The number of carbonyl (C=O) groups excluding carboxylic acids is 1. The minimum Gasteiger partial charge on any atom is -0.349 e. The number of piperazine rings is 1. The van der Waals surface area contributed by atoms with Gasteiger partial charge in [-0.25, -0.2) is 8.42 Å². The lowest BCUT2D eigenvalue weighted by atomic mass is 10.1. The van der Waals surface area contributed by atoms with E-state index in [4.69, 9.17) is 0 Å². The molecular formula is C23H29N3O3S2. The Bertz CT molecular complexity index is 984. The summed E-state index contributed by atoms with van der Waals surface area (Å²) in [5.41, 5.74) is 1.64. The normalized spacial score (nSPS) is 19.2. The van der Waals surface area contributed by atoms with E-state index in [1.54, 1.807) is 18.2 Å². The van der Waals surface area contributed by atoms with Gasteiger partial charge in [0.2, 0.25) is 10.0 Å². The van der Waals surface area contributed by atoms with Crippen LogP contribution in [0.5, 0.6) is 0 Å². The Morgan fingerprint density at radius 2 is 1.68 bits per heavy atom. The molecule has 0 bridgehead atoms. The first-order valence-electron chi connectivity index (χ1n) is 10.8. The van der Waals surface area contributed by atoms with Crippen LogP contribution >= 0.6 is 11.8 Å². The van der Waals surface area contributed by atoms with Crippen molar-refractivity contribution in [2.45, 2.75) is 30.3 Å². The second-order valence-corrected chi connectivity index (χ2v) is 11.2. The van der Waals surface area contributed by atoms with E-state index < -0.39 is 10.0 Å². The zero-order valence-corrected chi connectivity index (χ0v) is 19.2. The zero-order chi connectivity index (χ0) is 21.7. The molecule has 2 fully saturated rings. The maximum absolute atomic E-state index is 13.2. The number of nitrogens with one attached hydrogen (secondary N) is 1. The molecule has 2 saturated heterocycles. The molecule has 0 aliphatic carbocycles. The highest BCUT2D eigenvalue weighted by atomic mass is 32.2. The maximum Gasteiger partial charge on any atom is 0.251 e. The van der Waals surface area contributed by atoms with Crippen LogP contribution in [-0.2, 0) is 16.6 Å². The number of sulfonamides is 1. The van der Waals surface area contributed by atoms with Gasteiger partial charge in [0, 0.05) is 44.3 Å². The quantitative estimate of drug-likeness (QED) is 0.719. The molecule has 1 N–H and O–H groups in total. The molecule has 0 aromatic heterocycles. The van der Waals surface area contributed by atoms with Crippen LogP contribution in [0.1, 0.15) is 28.8 Å². The van der Waals surface area contributed by atoms with Gasteiger partial charge >= 0.3 is 0 Å². The monoisotopic (exact) mass is 459 g/mol. The summed E-state index contributed by atoms with van der Waals surface area (Å²) < 4.78 is 27.9. The average molecular weight is 460 g/mol. The number of nitrogens with zero attached hydrogens (tertiary/aromatic N) is 2. The van der Waals surface area contributed by atoms with Crippen molar-refractivity contribution in [3.63, 3.8) is 0 Å². The molecule has 166 valence electrons. The summed E-state index contributed by atoms with van der Waals surface area (Å²) in [4.78, 5) is 15.1. The third-order valence-corrected chi connectivity index (χ3v) is 8.81. The first-order chi connectivity index (χ1) is 15.0. The minimum absolute atomic E-state index is 0.173. The predicted octanol–water partition coefficient (Wildman–Crippen LogP) is 2.82. The highest BCUT2D eigenvalue weighted by Gasteiger charge is 2.29. The minimum atomic E-state index is -3.62. The maximum atomic E-state index is 13.2. The van der Waals surface area contributed by atoms with Gasteiger partial charge in [-0.05, 0) is 48.1 Å². The van der Waals surface area contributed by atoms with Crippen LogP contribution in [0.4, 0.5) is 0 Å². The number of rotatable bonds is 6. The van der Waals surface area contributed by atoms with Crippen molar-refractivity contribution in [1.82, 2.24) is 14.5 Å². The van der Waals surface area contributed by atoms with Crippen LogP contribution in [0.25, 0.3) is 0 Å². The van der Waals surface area contributed by atoms with Crippen molar-refractivity contribution in [2.75, 3.05) is 37.7 Å². The van der Waals surface area contributed by atoms with Crippen LogP contribution < -0.4 is 5.32 Å². The number of carbonyl (C=O) groups is 1. The lowest BCUT2D eigenvalue weighted by Gasteiger charge is -2.34. The Balaban J connectivity index is 1.38. The summed E-state index contributed by atoms with van der Waals surface area (Å²) in [5, 5.41) is 3.05. The molecule has 1 amide bonds. The SMILES string of the molecule is O=C(NC1CCSCC1)c1cccc(S(=O)(=O)N2CCN(Cc3ccccc3)CC2)c1. The third-order valence-electron chi connectivity index (χ3n) is 5.87. The number of amides is 1. The Morgan fingerprint density at radius 1 is 0.968 bits per heavy atom. The molecule has 2 aromatic rings. The molecule has 0 atom stereocenters. The zero-order valence-electron chi connectivity index (χ0n) is 17.6. The summed E-state index contributed by atoms with van der Waals surface area (Å²) >= 11 is 1.90. The molecule has 2 aliphatic heterocycles.